The van der Waals surface area contributed by atoms with Crippen molar-refractivity contribution in [3.8, 4) is 0 Å². The van der Waals surface area contributed by atoms with Crippen molar-refractivity contribution in [1.82, 2.24) is 9.97 Å². The van der Waals surface area contributed by atoms with Crippen molar-refractivity contribution >= 4 is 13.9 Å². The Hall–Kier alpha value is -0.903. The molecule has 0 aliphatic heterocycles. The molecule has 16 heavy (non-hydrogen) atoms. The predicted molar refractivity (Wildman–Crippen MR) is 69.0 cm³/mol. The van der Waals surface area contributed by atoms with Gasteiger partial charge in [0.05, 0.1) is 14.4 Å². The summed E-state index contributed by atoms with van der Waals surface area (Å²) in [5.41, 5.74) is 1.23. The molecule has 4 heteroatoms. The third-order valence-corrected chi connectivity index (χ3v) is 5.90. The van der Waals surface area contributed by atoms with Gasteiger partial charge in [0.25, 0.3) is 0 Å². The second-order valence-corrected chi connectivity index (χ2v) is 10.7. The maximum atomic E-state index is 11.1. The standard InChI is InChI=1S/C12H22N2OSi/c1-10(5-11(2)15)7-16(3,4)8-12-6-13-9-14-12/h6,9-10H,5,7-8H2,1-4H3,(H,13,14). The van der Waals surface area contributed by atoms with E-state index >= 15 is 0 Å². The first-order chi connectivity index (χ1) is 7.39. The van der Waals surface area contributed by atoms with Crippen LogP contribution in [0.5, 0.6) is 0 Å². The maximum Gasteiger partial charge on any atom is 0.130 e. The minimum atomic E-state index is -1.26. The van der Waals surface area contributed by atoms with Crippen LogP contribution in [0.3, 0.4) is 0 Å². The Labute approximate surface area is 98.7 Å². The van der Waals surface area contributed by atoms with Crippen molar-refractivity contribution in [1.29, 1.82) is 0 Å². The highest BCUT2D eigenvalue weighted by molar-refractivity contribution is 6.76. The number of aromatic nitrogens is 2. The number of hydrogen-bond donors (Lipinski definition) is 1. The van der Waals surface area contributed by atoms with Gasteiger partial charge in [0.2, 0.25) is 0 Å². The molecule has 0 spiro atoms. The first-order valence-corrected chi connectivity index (χ1v) is 9.27. The summed E-state index contributed by atoms with van der Waals surface area (Å²) in [5, 5.41) is 0. The minimum Gasteiger partial charge on any atom is -0.349 e. The van der Waals surface area contributed by atoms with E-state index in [-0.39, 0.29) is 0 Å². The van der Waals surface area contributed by atoms with Gasteiger partial charge in [0.15, 0.2) is 0 Å². The van der Waals surface area contributed by atoms with Crippen LogP contribution in [0.2, 0.25) is 19.1 Å². The molecule has 90 valence electrons. The van der Waals surface area contributed by atoms with Gasteiger partial charge in [-0.1, -0.05) is 26.1 Å². The highest BCUT2D eigenvalue weighted by Gasteiger charge is 2.24. The lowest BCUT2D eigenvalue weighted by atomic mass is 10.1. The summed E-state index contributed by atoms with van der Waals surface area (Å²) in [6.07, 6.45) is 4.36. The molecule has 1 heterocycles. The third kappa shape index (κ3) is 4.75. The zero-order valence-electron chi connectivity index (χ0n) is 10.7. The Morgan fingerprint density at radius 1 is 1.56 bits per heavy atom. The number of nitrogens with one attached hydrogen (secondary N) is 1. The van der Waals surface area contributed by atoms with Crippen molar-refractivity contribution < 1.29 is 4.79 Å². The quantitative estimate of drug-likeness (QED) is 0.775. The number of carbonyl (C=O) groups excluding carboxylic acids is 1. The molecule has 1 aromatic heterocycles. The van der Waals surface area contributed by atoms with Crippen molar-refractivity contribution in [3.63, 3.8) is 0 Å². The molecule has 1 N–H and O–H groups in total. The van der Waals surface area contributed by atoms with Crippen molar-refractivity contribution in [2.75, 3.05) is 0 Å². The second kappa shape index (κ2) is 5.43. The van der Waals surface area contributed by atoms with Crippen LogP contribution in [0.1, 0.15) is 26.0 Å². The van der Waals surface area contributed by atoms with Crippen molar-refractivity contribution in [3.05, 3.63) is 18.2 Å². The zero-order valence-corrected chi connectivity index (χ0v) is 11.7. The molecule has 0 amide bonds. The predicted octanol–water partition coefficient (Wildman–Crippen LogP) is 2.82. The highest BCUT2D eigenvalue weighted by Crippen LogP contribution is 2.22. The second-order valence-electron chi connectivity index (χ2n) is 5.63. The lowest BCUT2D eigenvalue weighted by Crippen LogP contribution is -2.32. The molecule has 1 aromatic rings. The number of imidazole rings is 1. The molecular weight excluding hydrogens is 216 g/mol. The Balaban J connectivity index is 2.47. The monoisotopic (exact) mass is 238 g/mol. The van der Waals surface area contributed by atoms with Gasteiger partial charge in [-0.25, -0.2) is 4.98 Å². The molecule has 0 aliphatic rings. The van der Waals surface area contributed by atoms with Gasteiger partial charge in [0, 0.05) is 18.3 Å². The number of hydrogen-bond acceptors (Lipinski definition) is 2. The third-order valence-electron chi connectivity index (χ3n) is 2.76. The molecule has 1 unspecified atom stereocenters. The van der Waals surface area contributed by atoms with Gasteiger partial charge in [-0.3, -0.25) is 0 Å². The fourth-order valence-corrected chi connectivity index (χ4v) is 5.88. The summed E-state index contributed by atoms with van der Waals surface area (Å²) in [6, 6.07) is 2.32. The molecule has 0 fully saturated rings. The Morgan fingerprint density at radius 2 is 2.25 bits per heavy atom. The van der Waals surface area contributed by atoms with Gasteiger partial charge in [-0.15, -0.1) is 0 Å². The van der Waals surface area contributed by atoms with Crippen molar-refractivity contribution in [2.24, 2.45) is 5.92 Å². The molecule has 0 saturated carbocycles. The fraction of sp³-hybridized carbons (Fsp3) is 0.667. The van der Waals surface area contributed by atoms with Gasteiger partial charge >= 0.3 is 0 Å². The fourth-order valence-electron chi connectivity index (χ4n) is 2.48. The van der Waals surface area contributed by atoms with Crippen LogP contribution in [-0.4, -0.2) is 23.8 Å². The summed E-state index contributed by atoms with van der Waals surface area (Å²) >= 11 is 0. The van der Waals surface area contributed by atoms with E-state index in [9.17, 15) is 4.79 Å². The van der Waals surface area contributed by atoms with E-state index in [1.165, 1.54) is 11.7 Å². The lowest BCUT2D eigenvalue weighted by Gasteiger charge is -2.25. The van der Waals surface area contributed by atoms with E-state index in [4.69, 9.17) is 0 Å². The summed E-state index contributed by atoms with van der Waals surface area (Å²) in [5.74, 6) is 0.820. The summed E-state index contributed by atoms with van der Waals surface area (Å²) in [6.45, 7) is 8.62. The first kappa shape index (κ1) is 13.2. The number of Topliss-reactive ketones (excluding diaryl/α,β-unsaturated/α-hetero) is 1. The van der Waals surface area contributed by atoms with Gasteiger partial charge in [-0.05, 0) is 18.9 Å². The number of aromatic amines is 1. The van der Waals surface area contributed by atoms with Gasteiger partial charge < -0.3 is 9.78 Å². The smallest absolute Gasteiger partial charge is 0.130 e. The molecule has 3 nitrogen and oxygen atoms in total. The summed E-state index contributed by atoms with van der Waals surface area (Å²) in [4.78, 5) is 18.3. The van der Waals surface area contributed by atoms with Crippen LogP contribution >= 0.6 is 0 Å². The van der Waals surface area contributed by atoms with Crippen LogP contribution in [0.4, 0.5) is 0 Å². The number of rotatable bonds is 6. The molecule has 0 aromatic carbocycles. The van der Waals surface area contributed by atoms with E-state index in [0.717, 1.165) is 12.5 Å². The Bertz CT molecular complexity index is 333. The van der Waals surface area contributed by atoms with Crippen molar-refractivity contribution in [2.45, 2.75) is 45.5 Å². The topological polar surface area (TPSA) is 45.8 Å². The van der Waals surface area contributed by atoms with E-state index in [0.29, 0.717) is 11.7 Å². The van der Waals surface area contributed by atoms with E-state index in [1.54, 1.807) is 13.3 Å². The molecule has 0 saturated heterocycles. The molecule has 0 radical (unpaired) electrons. The number of carbonyl (C=O) groups is 1. The SMILES string of the molecule is CC(=O)CC(C)C[Si](C)(C)Cc1cnc[nH]1. The Morgan fingerprint density at radius 3 is 2.75 bits per heavy atom. The van der Waals surface area contributed by atoms with Gasteiger partial charge in [0.1, 0.15) is 5.78 Å². The summed E-state index contributed by atoms with van der Waals surface area (Å²) < 4.78 is 0. The highest BCUT2D eigenvalue weighted by atomic mass is 28.3. The summed E-state index contributed by atoms with van der Waals surface area (Å²) in [7, 11) is -1.26. The van der Waals surface area contributed by atoms with Crippen LogP contribution in [0.15, 0.2) is 12.5 Å². The average molecular weight is 238 g/mol. The number of nitrogens with zero attached hydrogens (tertiary/aromatic N) is 1. The largest absolute Gasteiger partial charge is 0.349 e. The lowest BCUT2D eigenvalue weighted by molar-refractivity contribution is -0.117. The minimum absolute atomic E-state index is 0.304. The van der Waals surface area contributed by atoms with Crippen LogP contribution in [0.25, 0.3) is 0 Å². The van der Waals surface area contributed by atoms with Gasteiger partial charge in [-0.2, -0.15) is 0 Å². The molecule has 0 aliphatic carbocycles. The number of ketones is 1. The zero-order chi connectivity index (χ0) is 12.2. The molecule has 1 rings (SSSR count). The van der Waals surface area contributed by atoms with E-state index in [1.807, 2.05) is 6.20 Å². The van der Waals surface area contributed by atoms with E-state index < -0.39 is 8.07 Å². The van der Waals surface area contributed by atoms with Crippen LogP contribution in [0, 0.1) is 5.92 Å². The normalized spacial score (nSPS) is 13.8. The molecular formula is C12H22N2OSi. The number of H-pyrrole nitrogens is 1. The van der Waals surface area contributed by atoms with Crippen LogP contribution in [-0.2, 0) is 10.8 Å². The van der Waals surface area contributed by atoms with Crippen LogP contribution < -0.4 is 0 Å². The van der Waals surface area contributed by atoms with E-state index in [2.05, 4.69) is 30.0 Å². The molecule has 0 bridgehead atoms. The average Bonchev–Trinajstić information content (AvgIpc) is 2.51. The first-order valence-electron chi connectivity index (χ1n) is 5.86. The maximum absolute atomic E-state index is 11.1. The Kier molecular flexibility index (Phi) is 4.47. The molecule has 1 atom stereocenters.